The number of aromatic nitrogens is 2. The molecule has 1 saturated carbocycles. The third-order valence-electron chi connectivity index (χ3n) is 8.62. The summed E-state index contributed by atoms with van der Waals surface area (Å²) in [6, 6.07) is 15.1. The molecule has 7 rings (SSSR count). The lowest BCUT2D eigenvalue weighted by Crippen LogP contribution is -2.39. The molecule has 2 fully saturated rings. The summed E-state index contributed by atoms with van der Waals surface area (Å²) >= 11 is 0. The van der Waals surface area contributed by atoms with Crippen LogP contribution in [0.15, 0.2) is 54.6 Å². The Kier molecular flexibility index (Phi) is 6.34. The van der Waals surface area contributed by atoms with Crippen LogP contribution in [0.3, 0.4) is 0 Å². The van der Waals surface area contributed by atoms with E-state index in [2.05, 4.69) is 16.5 Å². The van der Waals surface area contributed by atoms with Gasteiger partial charge in [-0.05, 0) is 74.5 Å². The van der Waals surface area contributed by atoms with Gasteiger partial charge in [0.1, 0.15) is 17.1 Å². The third kappa shape index (κ3) is 4.58. The standard InChI is InChI=1S/C32H30F2N4O3/c1-18-23-5-3-2-4-19(23)11-13-37(18)31(39)25-15-28(20-6-7-20)38-29(30(25)34)16-27(36-38)24-9-8-22(14-26(24)33)41-32(40)21-10-12-35-17-21/h2-5,8-9,14-16,18,20-21,35H,6-7,10-13,17H2,1H3/t18-,21?/m1/s1. The molecular formula is C32H30F2N4O3. The van der Waals surface area contributed by atoms with Crippen molar-refractivity contribution < 1.29 is 23.1 Å². The van der Waals surface area contributed by atoms with Crippen LogP contribution >= 0.6 is 0 Å². The summed E-state index contributed by atoms with van der Waals surface area (Å²) in [6.07, 6.45) is 3.23. The number of benzene rings is 2. The van der Waals surface area contributed by atoms with Crippen molar-refractivity contribution in [3.63, 3.8) is 0 Å². The van der Waals surface area contributed by atoms with Crippen molar-refractivity contribution in [3.05, 3.63) is 88.6 Å². The summed E-state index contributed by atoms with van der Waals surface area (Å²) in [4.78, 5) is 27.9. The van der Waals surface area contributed by atoms with Gasteiger partial charge in [0, 0.05) is 36.3 Å². The zero-order chi connectivity index (χ0) is 28.2. The van der Waals surface area contributed by atoms with Gasteiger partial charge in [0.05, 0.1) is 23.2 Å². The van der Waals surface area contributed by atoms with Gasteiger partial charge in [-0.2, -0.15) is 5.10 Å². The summed E-state index contributed by atoms with van der Waals surface area (Å²) in [5.74, 6) is -2.02. The summed E-state index contributed by atoms with van der Waals surface area (Å²) in [5, 5.41) is 7.68. The highest BCUT2D eigenvalue weighted by Crippen LogP contribution is 2.42. The molecule has 3 aliphatic rings. The van der Waals surface area contributed by atoms with E-state index < -0.39 is 17.6 Å². The number of rotatable bonds is 5. The molecule has 4 aromatic rings. The number of carbonyl (C=O) groups is 2. The number of ether oxygens (including phenoxy) is 1. The number of nitrogens with zero attached hydrogens (tertiary/aromatic N) is 3. The van der Waals surface area contributed by atoms with Crippen molar-refractivity contribution in [1.82, 2.24) is 19.8 Å². The van der Waals surface area contributed by atoms with Crippen LogP contribution in [0.5, 0.6) is 5.75 Å². The molecule has 4 heterocycles. The predicted molar refractivity (Wildman–Crippen MR) is 149 cm³/mol. The summed E-state index contributed by atoms with van der Waals surface area (Å²) in [5.41, 5.74) is 3.58. The molecule has 2 aliphatic heterocycles. The Labute approximate surface area is 236 Å². The first-order chi connectivity index (χ1) is 19.9. The molecule has 0 radical (unpaired) electrons. The van der Waals surface area contributed by atoms with Gasteiger partial charge in [-0.1, -0.05) is 24.3 Å². The summed E-state index contributed by atoms with van der Waals surface area (Å²) in [7, 11) is 0. The first-order valence-corrected chi connectivity index (χ1v) is 14.2. The molecular weight excluding hydrogens is 526 g/mol. The molecule has 1 unspecified atom stereocenters. The normalized spacial score (nSPS) is 20.3. The number of hydrogen-bond acceptors (Lipinski definition) is 5. The van der Waals surface area contributed by atoms with Crippen LogP contribution < -0.4 is 10.1 Å². The first kappa shape index (κ1) is 25.8. The number of esters is 1. The molecule has 9 heteroatoms. The van der Waals surface area contributed by atoms with Gasteiger partial charge in [-0.15, -0.1) is 0 Å². The fraction of sp³-hybridized carbons (Fsp3) is 0.344. The monoisotopic (exact) mass is 556 g/mol. The van der Waals surface area contributed by atoms with E-state index in [-0.39, 0.29) is 51.9 Å². The maximum absolute atomic E-state index is 16.1. The van der Waals surface area contributed by atoms with Gasteiger partial charge < -0.3 is 15.0 Å². The van der Waals surface area contributed by atoms with Gasteiger partial charge in [0.25, 0.3) is 5.91 Å². The lowest BCUT2D eigenvalue weighted by molar-refractivity contribution is -0.138. The van der Waals surface area contributed by atoms with Crippen LogP contribution in [0, 0.1) is 17.6 Å². The maximum Gasteiger partial charge on any atom is 0.315 e. The van der Waals surface area contributed by atoms with Crippen LogP contribution in [0.1, 0.15) is 65.3 Å². The lowest BCUT2D eigenvalue weighted by atomic mass is 9.93. The topological polar surface area (TPSA) is 75.9 Å². The third-order valence-corrected chi connectivity index (χ3v) is 8.62. The van der Waals surface area contributed by atoms with Gasteiger partial charge in [-0.25, -0.2) is 13.3 Å². The SMILES string of the molecule is C[C@@H]1c2ccccc2CCN1C(=O)c1cc(C2CC2)n2nc(-c3ccc(OC(=O)C4CCNC4)cc3F)cc2c1F. The van der Waals surface area contributed by atoms with Crippen molar-refractivity contribution in [3.8, 4) is 17.0 Å². The summed E-state index contributed by atoms with van der Waals surface area (Å²) in [6.45, 7) is 3.77. The van der Waals surface area contributed by atoms with Gasteiger partial charge >= 0.3 is 5.97 Å². The molecule has 0 bridgehead atoms. The first-order valence-electron chi connectivity index (χ1n) is 14.2. The minimum absolute atomic E-state index is 0.0150. The highest BCUT2D eigenvalue weighted by Gasteiger charge is 2.34. The molecule has 2 aromatic carbocycles. The van der Waals surface area contributed by atoms with Crippen molar-refractivity contribution in [2.45, 2.75) is 44.6 Å². The number of halogens is 2. The van der Waals surface area contributed by atoms with Crippen LogP contribution in [-0.2, 0) is 11.2 Å². The molecule has 1 saturated heterocycles. The predicted octanol–water partition coefficient (Wildman–Crippen LogP) is 5.43. The lowest BCUT2D eigenvalue weighted by Gasteiger charge is -2.35. The Balaban J connectivity index is 1.22. The Hall–Kier alpha value is -4.11. The van der Waals surface area contributed by atoms with E-state index in [1.54, 1.807) is 11.0 Å². The van der Waals surface area contributed by atoms with E-state index in [1.807, 2.05) is 25.1 Å². The number of nitrogens with one attached hydrogen (secondary N) is 1. The maximum atomic E-state index is 16.1. The fourth-order valence-electron chi connectivity index (χ4n) is 6.13. The van der Waals surface area contributed by atoms with Crippen molar-refractivity contribution in [2.24, 2.45) is 5.92 Å². The highest BCUT2D eigenvalue weighted by atomic mass is 19.1. The average Bonchev–Trinajstić information content (AvgIpc) is 3.46. The number of pyridine rings is 1. The second kappa shape index (κ2) is 10.1. The van der Waals surface area contributed by atoms with Crippen molar-refractivity contribution >= 4 is 17.4 Å². The van der Waals surface area contributed by atoms with Crippen molar-refractivity contribution in [2.75, 3.05) is 19.6 Å². The Morgan fingerprint density at radius 1 is 1.05 bits per heavy atom. The quantitative estimate of drug-likeness (QED) is 0.262. The molecule has 2 atom stereocenters. The van der Waals surface area contributed by atoms with Crippen LogP contribution in [0.2, 0.25) is 0 Å². The molecule has 1 amide bonds. The van der Waals surface area contributed by atoms with E-state index in [0.29, 0.717) is 25.9 Å². The second-order valence-electron chi connectivity index (χ2n) is 11.3. The summed E-state index contributed by atoms with van der Waals surface area (Å²) < 4.78 is 38.3. The van der Waals surface area contributed by atoms with Crippen LogP contribution in [0.4, 0.5) is 8.78 Å². The van der Waals surface area contributed by atoms with E-state index >= 15 is 8.78 Å². The molecule has 1 aliphatic carbocycles. The minimum atomic E-state index is -0.666. The van der Waals surface area contributed by atoms with Crippen molar-refractivity contribution in [1.29, 1.82) is 0 Å². The van der Waals surface area contributed by atoms with Gasteiger partial charge in [0.15, 0.2) is 5.82 Å². The molecule has 41 heavy (non-hydrogen) atoms. The second-order valence-corrected chi connectivity index (χ2v) is 11.3. The molecule has 210 valence electrons. The molecule has 2 aromatic heterocycles. The van der Waals surface area contributed by atoms with Crippen LogP contribution in [0.25, 0.3) is 16.8 Å². The average molecular weight is 557 g/mol. The zero-order valence-electron chi connectivity index (χ0n) is 22.7. The van der Waals surface area contributed by atoms with Crippen LogP contribution in [-0.4, -0.2) is 46.0 Å². The van der Waals surface area contributed by atoms with Gasteiger partial charge in [-0.3, -0.25) is 9.59 Å². The van der Waals surface area contributed by atoms with Gasteiger partial charge in [0.2, 0.25) is 0 Å². The largest absolute Gasteiger partial charge is 0.426 e. The molecule has 0 spiro atoms. The smallest absolute Gasteiger partial charge is 0.315 e. The number of carbonyl (C=O) groups excluding carboxylic acids is 2. The zero-order valence-corrected chi connectivity index (χ0v) is 22.7. The molecule has 7 nitrogen and oxygen atoms in total. The number of fused-ring (bicyclic) bond motifs is 2. The Morgan fingerprint density at radius 3 is 2.63 bits per heavy atom. The van der Waals surface area contributed by atoms with E-state index in [9.17, 15) is 9.59 Å². The van der Waals surface area contributed by atoms with E-state index in [4.69, 9.17) is 4.74 Å². The number of amides is 1. The Bertz CT molecular complexity index is 1690. The minimum Gasteiger partial charge on any atom is -0.426 e. The highest BCUT2D eigenvalue weighted by molar-refractivity contribution is 5.96. The van der Waals surface area contributed by atoms with E-state index in [0.717, 1.165) is 36.7 Å². The molecule has 1 N–H and O–H groups in total. The number of hydrogen-bond donors (Lipinski definition) is 1. The fourth-order valence-corrected chi connectivity index (χ4v) is 6.13. The Morgan fingerprint density at radius 2 is 1.88 bits per heavy atom. The van der Waals surface area contributed by atoms with E-state index in [1.165, 1.54) is 28.3 Å².